The van der Waals surface area contributed by atoms with Crippen molar-refractivity contribution in [2.75, 3.05) is 20.1 Å². The van der Waals surface area contributed by atoms with Gasteiger partial charge in [-0.3, -0.25) is 0 Å². The molecule has 1 rings (SSSR count). The molecule has 0 bridgehead atoms. The number of hydrogen-bond acceptors (Lipinski definition) is 2. The summed E-state index contributed by atoms with van der Waals surface area (Å²) in [6, 6.07) is 0. The Labute approximate surface area is 122 Å². The minimum Gasteiger partial charge on any atom is -0.452 e. The Hall–Kier alpha value is 0.0938. The SMILES string of the molecule is C=C[Si](C)(O[Si](C)(C)C(C)(C)C)C1CCN(C)CC1. The zero-order valence-corrected chi connectivity index (χ0v) is 16.0. The Bertz CT molecular complexity index is 317. The summed E-state index contributed by atoms with van der Waals surface area (Å²) >= 11 is 0. The van der Waals surface area contributed by atoms with Crippen molar-refractivity contribution >= 4 is 16.6 Å². The molecule has 0 N–H and O–H groups in total. The molecule has 0 amide bonds. The van der Waals surface area contributed by atoms with Gasteiger partial charge in [-0.15, -0.1) is 6.58 Å². The second-order valence-electron chi connectivity index (χ2n) is 7.83. The maximum absolute atomic E-state index is 6.85. The number of piperidine rings is 1. The first kappa shape index (κ1) is 17.1. The smallest absolute Gasteiger partial charge is 0.204 e. The lowest BCUT2D eigenvalue weighted by Crippen LogP contribution is -2.54. The molecule has 1 saturated heterocycles. The maximum atomic E-state index is 6.85. The lowest BCUT2D eigenvalue weighted by Gasteiger charge is -2.46. The van der Waals surface area contributed by atoms with E-state index in [0.717, 1.165) is 5.54 Å². The van der Waals surface area contributed by atoms with Gasteiger partial charge in [-0.1, -0.05) is 26.5 Å². The number of nitrogens with zero attached hydrogens (tertiary/aromatic N) is 1. The first-order valence-corrected chi connectivity index (χ1v) is 13.0. The molecular formula is C15H33NOSi2. The fourth-order valence-corrected chi connectivity index (χ4v) is 10.9. The summed E-state index contributed by atoms with van der Waals surface area (Å²) in [5.41, 5.74) is 2.94. The van der Waals surface area contributed by atoms with E-state index in [1.54, 1.807) is 0 Å². The Morgan fingerprint density at radius 3 is 2.00 bits per heavy atom. The molecule has 4 heteroatoms. The lowest BCUT2D eigenvalue weighted by molar-refractivity contribution is 0.266. The molecule has 1 aliphatic heterocycles. The Morgan fingerprint density at radius 2 is 1.63 bits per heavy atom. The Kier molecular flexibility index (Phi) is 5.27. The molecule has 0 aromatic heterocycles. The quantitative estimate of drug-likeness (QED) is 0.713. The van der Waals surface area contributed by atoms with Gasteiger partial charge < -0.3 is 9.02 Å². The number of rotatable bonds is 4. The van der Waals surface area contributed by atoms with E-state index in [-0.39, 0.29) is 5.04 Å². The van der Waals surface area contributed by atoms with Crippen molar-refractivity contribution < 1.29 is 4.12 Å². The molecule has 19 heavy (non-hydrogen) atoms. The summed E-state index contributed by atoms with van der Waals surface area (Å²) in [5, 5.41) is 0.287. The van der Waals surface area contributed by atoms with E-state index in [9.17, 15) is 0 Å². The van der Waals surface area contributed by atoms with Crippen LogP contribution in [0.1, 0.15) is 33.6 Å². The molecule has 1 heterocycles. The monoisotopic (exact) mass is 299 g/mol. The zero-order chi connectivity index (χ0) is 14.9. The molecule has 0 aromatic carbocycles. The highest BCUT2D eigenvalue weighted by Gasteiger charge is 2.46. The van der Waals surface area contributed by atoms with E-state index in [1.165, 1.54) is 25.9 Å². The van der Waals surface area contributed by atoms with Crippen LogP contribution in [0.15, 0.2) is 12.3 Å². The van der Waals surface area contributed by atoms with Crippen LogP contribution in [-0.2, 0) is 4.12 Å². The summed E-state index contributed by atoms with van der Waals surface area (Å²) in [6.07, 6.45) is 2.56. The largest absolute Gasteiger partial charge is 0.452 e. The zero-order valence-electron chi connectivity index (χ0n) is 14.0. The van der Waals surface area contributed by atoms with Crippen molar-refractivity contribution in [3.05, 3.63) is 12.3 Å². The van der Waals surface area contributed by atoms with Crippen LogP contribution in [0, 0.1) is 0 Å². The predicted octanol–water partition coefficient (Wildman–Crippen LogP) is 4.40. The minimum atomic E-state index is -1.80. The van der Waals surface area contributed by atoms with Crippen LogP contribution >= 0.6 is 0 Å². The summed E-state index contributed by atoms with van der Waals surface area (Å²) in [7, 11) is -1.26. The molecule has 1 aliphatic rings. The second-order valence-corrected chi connectivity index (χ2v) is 16.8. The topological polar surface area (TPSA) is 12.5 Å². The van der Waals surface area contributed by atoms with Gasteiger partial charge in [0.1, 0.15) is 0 Å². The van der Waals surface area contributed by atoms with E-state index in [4.69, 9.17) is 4.12 Å². The van der Waals surface area contributed by atoms with Crippen LogP contribution in [0.5, 0.6) is 0 Å². The fraction of sp³-hybridized carbons (Fsp3) is 0.867. The van der Waals surface area contributed by atoms with Crippen molar-refractivity contribution in [3.8, 4) is 0 Å². The summed E-state index contributed by atoms with van der Waals surface area (Å²) in [4.78, 5) is 2.43. The second kappa shape index (κ2) is 5.84. The van der Waals surface area contributed by atoms with Gasteiger partial charge in [0, 0.05) is 0 Å². The first-order valence-electron chi connectivity index (χ1n) is 7.54. The molecule has 0 aromatic rings. The molecule has 112 valence electrons. The van der Waals surface area contributed by atoms with Crippen molar-refractivity contribution in [3.63, 3.8) is 0 Å². The summed E-state index contributed by atoms with van der Waals surface area (Å²) < 4.78 is 6.85. The van der Waals surface area contributed by atoms with Crippen LogP contribution in [0.3, 0.4) is 0 Å². The van der Waals surface area contributed by atoms with E-state index in [0.29, 0.717) is 0 Å². The highest BCUT2D eigenvalue weighted by atomic mass is 28.4. The third-order valence-electron chi connectivity index (χ3n) is 5.22. The normalized spacial score (nSPS) is 23.1. The highest BCUT2D eigenvalue weighted by Crippen LogP contribution is 2.43. The minimum absolute atomic E-state index is 0.287. The molecule has 1 fully saturated rings. The van der Waals surface area contributed by atoms with Crippen LogP contribution in [0.4, 0.5) is 0 Å². The molecule has 0 aliphatic carbocycles. The van der Waals surface area contributed by atoms with Gasteiger partial charge in [-0.25, -0.2) is 0 Å². The van der Waals surface area contributed by atoms with Crippen molar-refractivity contribution in [2.24, 2.45) is 0 Å². The maximum Gasteiger partial charge on any atom is 0.204 e. The van der Waals surface area contributed by atoms with Crippen LogP contribution in [0.2, 0.25) is 30.2 Å². The number of hydrogen-bond donors (Lipinski definition) is 0. The highest BCUT2D eigenvalue weighted by molar-refractivity contribution is 6.89. The average Bonchev–Trinajstić information content (AvgIpc) is 2.27. The Morgan fingerprint density at radius 1 is 1.16 bits per heavy atom. The predicted molar refractivity (Wildman–Crippen MR) is 90.6 cm³/mol. The first-order chi connectivity index (χ1) is 8.52. The lowest BCUT2D eigenvalue weighted by atomic mass is 10.1. The molecular weight excluding hydrogens is 266 g/mol. The molecule has 0 radical (unpaired) electrons. The molecule has 1 unspecified atom stereocenters. The van der Waals surface area contributed by atoms with Gasteiger partial charge in [-0.05, 0) is 63.2 Å². The van der Waals surface area contributed by atoms with Crippen molar-refractivity contribution in [1.82, 2.24) is 4.90 Å². The van der Waals surface area contributed by atoms with Crippen LogP contribution in [0.25, 0.3) is 0 Å². The van der Waals surface area contributed by atoms with Crippen molar-refractivity contribution in [1.29, 1.82) is 0 Å². The van der Waals surface area contributed by atoms with Gasteiger partial charge in [0.15, 0.2) is 8.32 Å². The van der Waals surface area contributed by atoms with E-state index in [1.807, 2.05) is 0 Å². The fourth-order valence-electron chi connectivity index (χ4n) is 2.58. The Balaban J connectivity index is 2.84. The van der Waals surface area contributed by atoms with Gasteiger partial charge in [0.25, 0.3) is 0 Å². The van der Waals surface area contributed by atoms with Gasteiger partial charge in [0.2, 0.25) is 8.32 Å². The van der Waals surface area contributed by atoms with Crippen LogP contribution < -0.4 is 0 Å². The molecule has 0 spiro atoms. The third kappa shape index (κ3) is 4.03. The van der Waals surface area contributed by atoms with E-state index in [2.05, 4.69) is 64.6 Å². The average molecular weight is 300 g/mol. The van der Waals surface area contributed by atoms with Crippen molar-refractivity contribution in [2.45, 2.75) is 63.8 Å². The summed E-state index contributed by atoms with van der Waals surface area (Å²) in [5.74, 6) is 0. The van der Waals surface area contributed by atoms with Gasteiger partial charge in [0.05, 0.1) is 0 Å². The van der Waals surface area contributed by atoms with E-state index < -0.39 is 16.6 Å². The van der Waals surface area contributed by atoms with Crippen LogP contribution in [-0.4, -0.2) is 41.7 Å². The number of likely N-dealkylation sites (tertiary alicyclic amines) is 1. The molecule has 1 atom stereocenters. The standard InChI is InChI=1S/C15H33NOSi2/c1-9-19(8,14-10-12-16(5)13-11-14)17-18(6,7)15(2,3)4/h9,14H,1,10-13H2,2-8H3. The molecule has 0 saturated carbocycles. The van der Waals surface area contributed by atoms with Gasteiger partial charge in [-0.2, -0.15) is 0 Å². The third-order valence-corrected chi connectivity index (χ3v) is 15.6. The molecule has 2 nitrogen and oxygen atoms in total. The summed E-state index contributed by atoms with van der Waals surface area (Å²) in [6.45, 7) is 20.7. The van der Waals surface area contributed by atoms with Gasteiger partial charge >= 0.3 is 0 Å². The van der Waals surface area contributed by atoms with E-state index >= 15 is 0 Å².